The summed E-state index contributed by atoms with van der Waals surface area (Å²) in [6.45, 7) is 3.43. The molecule has 1 aliphatic heterocycles. The van der Waals surface area contributed by atoms with Crippen LogP contribution in [-0.4, -0.2) is 110 Å². The molecule has 0 aliphatic carbocycles. The number of aliphatic hydroxyl groups excluding tert-OH is 7. The molecule has 0 radical (unpaired) electrons. The van der Waals surface area contributed by atoms with Gasteiger partial charge in [-0.25, -0.2) is 0 Å². The van der Waals surface area contributed by atoms with E-state index in [0.29, 0.717) is 19.3 Å². The molecule has 77 heavy (non-hydrogen) atoms. The van der Waals surface area contributed by atoms with Crippen molar-refractivity contribution < 1.29 is 50.0 Å². The highest BCUT2D eigenvalue weighted by atomic mass is 16.7. The van der Waals surface area contributed by atoms with Gasteiger partial charge in [-0.05, 0) is 89.9 Å². The van der Waals surface area contributed by atoms with E-state index < -0.39 is 74.2 Å². The predicted molar refractivity (Wildman–Crippen MR) is 321 cm³/mol. The van der Waals surface area contributed by atoms with Gasteiger partial charge in [0.2, 0.25) is 5.91 Å². The number of rotatable bonds is 56. The zero-order chi connectivity index (χ0) is 56.1. The Hall–Kier alpha value is -1.93. The van der Waals surface area contributed by atoms with E-state index in [0.717, 1.165) is 44.9 Å². The standard InChI is InChI=1S/C66H123NO10/c1-3-5-7-9-11-13-15-17-19-21-22-23-24-25-26-27-28-29-30-31-32-33-34-35-36-37-38-40-42-44-46-48-50-52-54-59(70)65(75)67-57(56-76-66-64(74)63(73)62(72)60(55-68)77-66)61(71)58(69)53-51-49-47-45-43-41-39-20-18-16-14-12-10-8-6-4-2/h12,14,20,27-28,39,45,47,57-64,66,68-74H,3-11,13,15-19,21-26,29-38,40-44,46,48-56H2,1-2H3,(H,67,75)/b14-12+,28-27-,39-20+,47-45+. The monoisotopic (exact) mass is 1090 g/mol. The molecule has 0 bridgehead atoms. The number of aliphatic hydroxyl groups is 7. The van der Waals surface area contributed by atoms with E-state index in [-0.39, 0.29) is 12.8 Å². The van der Waals surface area contributed by atoms with Gasteiger partial charge in [0.25, 0.3) is 0 Å². The molecule has 9 atom stereocenters. The van der Waals surface area contributed by atoms with Gasteiger partial charge in [-0.15, -0.1) is 0 Å². The Bertz CT molecular complexity index is 1390. The van der Waals surface area contributed by atoms with Crippen LogP contribution in [0.2, 0.25) is 0 Å². The summed E-state index contributed by atoms with van der Waals surface area (Å²) in [5, 5.41) is 76.2. The minimum atomic E-state index is -1.67. The Morgan fingerprint density at radius 3 is 1.18 bits per heavy atom. The van der Waals surface area contributed by atoms with Crippen molar-refractivity contribution in [3.8, 4) is 0 Å². The minimum Gasteiger partial charge on any atom is -0.394 e. The van der Waals surface area contributed by atoms with E-state index in [1.807, 2.05) is 0 Å². The van der Waals surface area contributed by atoms with Crippen LogP contribution in [0.15, 0.2) is 48.6 Å². The largest absolute Gasteiger partial charge is 0.394 e. The third kappa shape index (κ3) is 42.6. The summed E-state index contributed by atoms with van der Waals surface area (Å²) in [5.74, 6) is -0.710. The van der Waals surface area contributed by atoms with Gasteiger partial charge < -0.3 is 50.5 Å². The van der Waals surface area contributed by atoms with Crippen LogP contribution in [0.3, 0.4) is 0 Å². The second kappa shape index (κ2) is 54.6. The van der Waals surface area contributed by atoms with Crippen LogP contribution >= 0.6 is 0 Å². The maximum atomic E-state index is 13.2. The molecule has 1 amide bonds. The van der Waals surface area contributed by atoms with Crippen LogP contribution in [0, 0.1) is 0 Å². The lowest BCUT2D eigenvalue weighted by atomic mass is 9.98. The summed E-state index contributed by atoms with van der Waals surface area (Å²) in [4.78, 5) is 13.2. The molecule has 0 spiro atoms. The maximum Gasteiger partial charge on any atom is 0.249 e. The van der Waals surface area contributed by atoms with Crippen molar-refractivity contribution in [1.29, 1.82) is 0 Å². The Kier molecular flexibility index (Phi) is 51.9. The number of amides is 1. The lowest BCUT2D eigenvalue weighted by Gasteiger charge is -2.40. The highest BCUT2D eigenvalue weighted by Gasteiger charge is 2.44. The number of carbonyl (C=O) groups excluding carboxylic acids is 1. The molecule has 1 aliphatic rings. The molecule has 9 unspecified atom stereocenters. The number of unbranched alkanes of at least 4 members (excludes halogenated alkanes) is 36. The smallest absolute Gasteiger partial charge is 0.249 e. The van der Waals surface area contributed by atoms with E-state index in [1.165, 1.54) is 205 Å². The van der Waals surface area contributed by atoms with Crippen molar-refractivity contribution in [3.05, 3.63) is 48.6 Å². The van der Waals surface area contributed by atoms with Crippen molar-refractivity contribution in [2.24, 2.45) is 0 Å². The first-order valence-electron chi connectivity index (χ1n) is 32.5. The highest BCUT2D eigenvalue weighted by molar-refractivity contribution is 5.80. The predicted octanol–water partition coefficient (Wildman–Crippen LogP) is 14.8. The Morgan fingerprint density at radius 2 is 0.779 bits per heavy atom. The molecule has 1 saturated heterocycles. The van der Waals surface area contributed by atoms with Crippen molar-refractivity contribution in [2.75, 3.05) is 13.2 Å². The second-order valence-electron chi connectivity index (χ2n) is 22.8. The summed E-state index contributed by atoms with van der Waals surface area (Å²) in [7, 11) is 0. The summed E-state index contributed by atoms with van der Waals surface area (Å²) in [6.07, 6.45) is 59.1. The van der Waals surface area contributed by atoms with Crippen LogP contribution in [-0.2, 0) is 14.3 Å². The Labute approximate surface area is 472 Å². The molecule has 0 aromatic heterocycles. The molecule has 11 heteroatoms. The summed E-state index contributed by atoms with van der Waals surface area (Å²) < 4.78 is 11.1. The highest BCUT2D eigenvalue weighted by Crippen LogP contribution is 2.23. The molecular formula is C66H123NO10. The van der Waals surface area contributed by atoms with E-state index in [9.17, 15) is 40.5 Å². The average Bonchev–Trinajstić information content (AvgIpc) is 3.43. The van der Waals surface area contributed by atoms with E-state index in [1.54, 1.807) is 0 Å². The summed E-state index contributed by atoms with van der Waals surface area (Å²) in [5.41, 5.74) is 0. The quantitative estimate of drug-likeness (QED) is 0.0215. The molecular weight excluding hydrogens is 967 g/mol. The number of hydrogen-bond acceptors (Lipinski definition) is 10. The molecule has 1 heterocycles. The molecule has 1 rings (SSSR count). The van der Waals surface area contributed by atoms with Crippen LogP contribution in [0.1, 0.15) is 296 Å². The summed E-state index contributed by atoms with van der Waals surface area (Å²) in [6, 6.07) is -1.19. The summed E-state index contributed by atoms with van der Waals surface area (Å²) >= 11 is 0. The first-order chi connectivity index (χ1) is 37.7. The van der Waals surface area contributed by atoms with Gasteiger partial charge in [0.15, 0.2) is 6.29 Å². The molecule has 8 N–H and O–H groups in total. The number of nitrogens with one attached hydrogen (secondary N) is 1. The molecule has 0 aromatic rings. The average molecular weight is 1090 g/mol. The van der Waals surface area contributed by atoms with Crippen molar-refractivity contribution in [3.63, 3.8) is 0 Å². The third-order valence-electron chi connectivity index (χ3n) is 15.6. The topological polar surface area (TPSA) is 189 Å². The fourth-order valence-corrected chi connectivity index (χ4v) is 10.3. The molecule has 0 saturated carbocycles. The molecule has 11 nitrogen and oxygen atoms in total. The van der Waals surface area contributed by atoms with E-state index in [4.69, 9.17) is 9.47 Å². The normalized spacial score (nSPS) is 19.8. The first kappa shape index (κ1) is 73.1. The minimum absolute atomic E-state index is 0.241. The second-order valence-corrected chi connectivity index (χ2v) is 22.8. The first-order valence-corrected chi connectivity index (χ1v) is 32.5. The van der Waals surface area contributed by atoms with Crippen LogP contribution in [0.5, 0.6) is 0 Å². The lowest BCUT2D eigenvalue weighted by molar-refractivity contribution is -0.303. The third-order valence-corrected chi connectivity index (χ3v) is 15.6. The molecule has 1 fully saturated rings. The zero-order valence-electron chi connectivity index (χ0n) is 49.7. The maximum absolute atomic E-state index is 13.2. The molecule has 452 valence electrons. The fourth-order valence-electron chi connectivity index (χ4n) is 10.3. The number of hydrogen-bond donors (Lipinski definition) is 8. The van der Waals surface area contributed by atoms with Gasteiger partial charge >= 0.3 is 0 Å². The number of ether oxygens (including phenoxy) is 2. The van der Waals surface area contributed by atoms with Gasteiger partial charge in [0, 0.05) is 0 Å². The Morgan fingerprint density at radius 1 is 0.442 bits per heavy atom. The van der Waals surface area contributed by atoms with E-state index in [2.05, 4.69) is 67.8 Å². The SMILES string of the molecule is CCCCC/C=C/CC/C=C/CC/C=C/CCCC(O)C(O)C(COC1OC(CO)C(O)C(O)C1O)NC(=O)C(O)CCCCCCCCCCCCCCCCCC/C=C\CCCCCCCCCCCCCCCC. The van der Waals surface area contributed by atoms with Gasteiger partial charge in [-0.2, -0.15) is 0 Å². The fraction of sp³-hybridized carbons (Fsp3) is 0.864. The van der Waals surface area contributed by atoms with Crippen LogP contribution < -0.4 is 5.32 Å². The zero-order valence-corrected chi connectivity index (χ0v) is 49.7. The van der Waals surface area contributed by atoms with Crippen LogP contribution in [0.4, 0.5) is 0 Å². The number of carbonyl (C=O) groups is 1. The van der Waals surface area contributed by atoms with Crippen molar-refractivity contribution in [2.45, 2.75) is 351 Å². The van der Waals surface area contributed by atoms with Crippen molar-refractivity contribution in [1.82, 2.24) is 5.32 Å². The van der Waals surface area contributed by atoms with Gasteiger partial charge in [0.1, 0.15) is 36.6 Å². The Balaban J connectivity index is 2.19. The van der Waals surface area contributed by atoms with Gasteiger partial charge in [-0.1, -0.05) is 255 Å². The van der Waals surface area contributed by atoms with Crippen molar-refractivity contribution >= 4 is 5.91 Å². The van der Waals surface area contributed by atoms with Gasteiger partial charge in [-0.3, -0.25) is 4.79 Å². The van der Waals surface area contributed by atoms with Crippen LogP contribution in [0.25, 0.3) is 0 Å². The van der Waals surface area contributed by atoms with E-state index >= 15 is 0 Å². The van der Waals surface area contributed by atoms with Gasteiger partial charge in [0.05, 0.1) is 25.4 Å². The lowest BCUT2D eigenvalue weighted by Crippen LogP contribution is -2.60. The molecule has 0 aromatic carbocycles. The number of allylic oxidation sites excluding steroid dienone is 8.